The first-order valence-corrected chi connectivity index (χ1v) is 7.38. The number of hydrogen-bond acceptors (Lipinski definition) is 2. The van der Waals surface area contributed by atoms with Crippen LogP contribution in [-0.2, 0) is 10.8 Å². The van der Waals surface area contributed by atoms with Gasteiger partial charge in [0.2, 0.25) is 0 Å². The first kappa shape index (κ1) is 12.2. The van der Waals surface area contributed by atoms with Crippen LogP contribution >= 0.6 is 0 Å². The van der Waals surface area contributed by atoms with E-state index in [1.807, 2.05) is 0 Å². The van der Waals surface area contributed by atoms with Gasteiger partial charge in [0.15, 0.2) is 0 Å². The minimum Gasteiger partial charge on any atom is -0.311 e. The topological polar surface area (TPSA) is 29.1 Å². The van der Waals surface area contributed by atoms with Gasteiger partial charge >= 0.3 is 0 Å². The Morgan fingerprint density at radius 2 is 2.21 bits per heavy atom. The summed E-state index contributed by atoms with van der Waals surface area (Å²) >= 11 is 0. The summed E-state index contributed by atoms with van der Waals surface area (Å²) in [6.07, 6.45) is 6.87. The molecule has 14 heavy (non-hydrogen) atoms. The molecule has 4 unspecified atom stereocenters. The van der Waals surface area contributed by atoms with Crippen molar-refractivity contribution in [1.29, 1.82) is 0 Å². The molecule has 4 atom stereocenters. The van der Waals surface area contributed by atoms with Gasteiger partial charge in [-0.25, -0.2) is 0 Å². The lowest BCUT2D eigenvalue weighted by Crippen LogP contribution is -2.38. The fourth-order valence-corrected chi connectivity index (χ4v) is 2.87. The molecule has 1 N–H and O–H groups in total. The van der Waals surface area contributed by atoms with Crippen molar-refractivity contribution in [3.8, 4) is 0 Å². The molecule has 84 valence electrons. The maximum atomic E-state index is 10.9. The molecule has 0 amide bonds. The van der Waals surface area contributed by atoms with E-state index in [4.69, 9.17) is 0 Å². The second-order valence-corrected chi connectivity index (χ2v) is 6.20. The maximum Gasteiger partial charge on any atom is 0.0246 e. The Bertz CT molecular complexity index is 196. The quantitative estimate of drug-likeness (QED) is 0.762. The minimum atomic E-state index is -0.638. The normalized spacial score (nSPS) is 31.6. The van der Waals surface area contributed by atoms with Gasteiger partial charge in [-0.1, -0.05) is 13.3 Å². The van der Waals surface area contributed by atoms with Crippen LogP contribution in [0.4, 0.5) is 0 Å². The third-order valence-corrected chi connectivity index (χ3v) is 4.01. The summed E-state index contributed by atoms with van der Waals surface area (Å²) in [7, 11) is -0.638. The Morgan fingerprint density at radius 3 is 2.71 bits per heavy atom. The highest BCUT2D eigenvalue weighted by molar-refractivity contribution is 7.84. The molecule has 1 fully saturated rings. The summed E-state index contributed by atoms with van der Waals surface area (Å²) in [6, 6.07) is 1.22. The van der Waals surface area contributed by atoms with Crippen LogP contribution < -0.4 is 5.32 Å². The molecule has 1 aliphatic rings. The van der Waals surface area contributed by atoms with E-state index < -0.39 is 10.8 Å². The average molecular weight is 217 g/mol. The fourth-order valence-electron chi connectivity index (χ4n) is 2.18. The van der Waals surface area contributed by atoms with Crippen molar-refractivity contribution < 1.29 is 4.21 Å². The monoisotopic (exact) mass is 217 g/mol. The average Bonchev–Trinajstić information content (AvgIpc) is 2.49. The molecule has 0 bridgehead atoms. The van der Waals surface area contributed by atoms with Crippen LogP contribution in [0, 0.1) is 5.92 Å². The van der Waals surface area contributed by atoms with Crippen molar-refractivity contribution in [3.05, 3.63) is 0 Å². The SMILES string of the molecule is CC(CCS(C)=O)NC1CCCC1C. The second kappa shape index (κ2) is 5.86. The van der Waals surface area contributed by atoms with Crippen LogP contribution in [0.25, 0.3) is 0 Å². The number of rotatable bonds is 5. The Hall–Kier alpha value is 0.110. The molecule has 0 aromatic heterocycles. The summed E-state index contributed by atoms with van der Waals surface area (Å²) in [5, 5.41) is 3.65. The third kappa shape index (κ3) is 4.09. The van der Waals surface area contributed by atoms with E-state index in [2.05, 4.69) is 19.2 Å². The van der Waals surface area contributed by atoms with Gasteiger partial charge in [0, 0.05) is 34.9 Å². The molecular weight excluding hydrogens is 194 g/mol. The highest BCUT2D eigenvalue weighted by Crippen LogP contribution is 2.25. The molecule has 3 heteroatoms. The molecule has 0 aromatic carbocycles. The molecule has 0 aromatic rings. The lowest BCUT2D eigenvalue weighted by Gasteiger charge is -2.22. The van der Waals surface area contributed by atoms with Crippen LogP contribution in [0.2, 0.25) is 0 Å². The van der Waals surface area contributed by atoms with Gasteiger partial charge in [-0.2, -0.15) is 0 Å². The molecule has 0 spiro atoms. The zero-order valence-corrected chi connectivity index (χ0v) is 10.4. The summed E-state index contributed by atoms with van der Waals surface area (Å²) in [4.78, 5) is 0. The predicted octanol–water partition coefficient (Wildman–Crippen LogP) is 1.92. The van der Waals surface area contributed by atoms with E-state index in [-0.39, 0.29) is 0 Å². The highest BCUT2D eigenvalue weighted by atomic mass is 32.2. The van der Waals surface area contributed by atoms with Crippen LogP contribution in [-0.4, -0.2) is 28.3 Å². The molecule has 1 saturated carbocycles. The second-order valence-electron chi connectivity index (χ2n) is 4.65. The van der Waals surface area contributed by atoms with Crippen molar-refractivity contribution in [2.75, 3.05) is 12.0 Å². The maximum absolute atomic E-state index is 10.9. The van der Waals surface area contributed by atoms with Gasteiger partial charge in [-0.05, 0) is 32.1 Å². The Kier molecular flexibility index (Phi) is 5.10. The van der Waals surface area contributed by atoms with E-state index in [1.54, 1.807) is 6.26 Å². The van der Waals surface area contributed by atoms with Gasteiger partial charge in [-0.15, -0.1) is 0 Å². The molecular formula is C11H23NOS. The summed E-state index contributed by atoms with van der Waals surface area (Å²) in [6.45, 7) is 4.53. The summed E-state index contributed by atoms with van der Waals surface area (Å²) < 4.78 is 10.9. The van der Waals surface area contributed by atoms with Crippen molar-refractivity contribution >= 4 is 10.8 Å². The van der Waals surface area contributed by atoms with Crippen LogP contribution in [0.5, 0.6) is 0 Å². The van der Waals surface area contributed by atoms with E-state index >= 15 is 0 Å². The van der Waals surface area contributed by atoms with Crippen LogP contribution in [0.3, 0.4) is 0 Å². The van der Waals surface area contributed by atoms with E-state index in [9.17, 15) is 4.21 Å². The fraction of sp³-hybridized carbons (Fsp3) is 1.00. The highest BCUT2D eigenvalue weighted by Gasteiger charge is 2.23. The largest absolute Gasteiger partial charge is 0.311 e. The molecule has 1 aliphatic carbocycles. The lowest BCUT2D eigenvalue weighted by molar-refractivity contribution is 0.379. The van der Waals surface area contributed by atoms with Gasteiger partial charge in [-0.3, -0.25) is 4.21 Å². The Labute approximate surface area is 90.3 Å². The predicted molar refractivity (Wildman–Crippen MR) is 63.0 cm³/mol. The zero-order chi connectivity index (χ0) is 10.6. The first-order chi connectivity index (χ1) is 6.59. The third-order valence-electron chi connectivity index (χ3n) is 3.20. The molecule has 2 nitrogen and oxygen atoms in total. The zero-order valence-electron chi connectivity index (χ0n) is 9.58. The molecule has 0 aliphatic heterocycles. The Morgan fingerprint density at radius 1 is 1.50 bits per heavy atom. The van der Waals surface area contributed by atoms with Crippen molar-refractivity contribution in [2.24, 2.45) is 5.92 Å². The van der Waals surface area contributed by atoms with Crippen LogP contribution in [0.1, 0.15) is 39.5 Å². The van der Waals surface area contributed by atoms with Crippen LogP contribution in [0.15, 0.2) is 0 Å². The number of hydrogen-bond donors (Lipinski definition) is 1. The van der Waals surface area contributed by atoms with Gasteiger partial charge in [0.1, 0.15) is 0 Å². The van der Waals surface area contributed by atoms with Crippen molar-refractivity contribution in [1.82, 2.24) is 5.32 Å². The van der Waals surface area contributed by atoms with E-state index in [0.717, 1.165) is 18.1 Å². The van der Waals surface area contributed by atoms with Crippen molar-refractivity contribution in [3.63, 3.8) is 0 Å². The molecule has 1 rings (SSSR count). The summed E-state index contributed by atoms with van der Waals surface area (Å²) in [5.74, 6) is 1.65. The lowest BCUT2D eigenvalue weighted by atomic mass is 10.1. The minimum absolute atomic E-state index is 0.518. The van der Waals surface area contributed by atoms with Gasteiger partial charge in [0.25, 0.3) is 0 Å². The van der Waals surface area contributed by atoms with E-state index in [1.165, 1.54) is 19.3 Å². The Balaban J connectivity index is 2.19. The van der Waals surface area contributed by atoms with E-state index in [0.29, 0.717) is 12.1 Å². The standard InChI is InChI=1S/C11H23NOS/c1-9-5-4-6-11(9)12-10(2)7-8-14(3)13/h9-12H,4-8H2,1-3H3. The van der Waals surface area contributed by atoms with Gasteiger partial charge in [0.05, 0.1) is 0 Å². The molecule has 0 heterocycles. The molecule has 0 saturated heterocycles. The first-order valence-electron chi connectivity index (χ1n) is 5.65. The van der Waals surface area contributed by atoms with Gasteiger partial charge < -0.3 is 5.32 Å². The summed E-state index contributed by atoms with van der Waals surface area (Å²) in [5.41, 5.74) is 0. The molecule has 0 radical (unpaired) electrons. The van der Waals surface area contributed by atoms with Crippen molar-refractivity contribution in [2.45, 2.75) is 51.6 Å². The number of nitrogens with one attached hydrogen (secondary N) is 1. The smallest absolute Gasteiger partial charge is 0.0246 e.